The summed E-state index contributed by atoms with van der Waals surface area (Å²) in [5.74, 6) is 0.119. The lowest BCUT2D eigenvalue weighted by Gasteiger charge is -2.10. The van der Waals surface area contributed by atoms with Crippen LogP contribution in [0.5, 0.6) is 5.75 Å². The number of hydrogen-bond donors (Lipinski definition) is 1. The number of hydrogen-bond acceptors (Lipinski definition) is 2. The van der Waals surface area contributed by atoms with Crippen LogP contribution in [0.15, 0.2) is 40.9 Å². The van der Waals surface area contributed by atoms with Gasteiger partial charge < -0.3 is 10.1 Å². The standard InChI is InChI=1S/C16H13BrFNO2/c17-13-6-10-4-5-21-15(10)12(7-13)9-19-16(20)11-2-1-3-14(18)8-11/h1-3,6-8H,4-5,9H2,(H,19,20). The number of nitrogens with one attached hydrogen (secondary N) is 1. The molecule has 1 aliphatic heterocycles. The lowest BCUT2D eigenvalue weighted by Crippen LogP contribution is -2.23. The molecule has 0 aliphatic carbocycles. The first-order chi connectivity index (χ1) is 10.1. The maximum absolute atomic E-state index is 13.1. The van der Waals surface area contributed by atoms with Crippen LogP contribution in [-0.2, 0) is 13.0 Å². The molecule has 0 fully saturated rings. The fraction of sp³-hybridized carbons (Fsp3) is 0.188. The molecule has 0 aromatic heterocycles. The van der Waals surface area contributed by atoms with Gasteiger partial charge in [-0.1, -0.05) is 22.0 Å². The molecule has 0 saturated heterocycles. The van der Waals surface area contributed by atoms with Gasteiger partial charge in [-0.15, -0.1) is 0 Å². The van der Waals surface area contributed by atoms with Crippen molar-refractivity contribution in [1.82, 2.24) is 5.32 Å². The van der Waals surface area contributed by atoms with Crippen LogP contribution in [-0.4, -0.2) is 12.5 Å². The Morgan fingerprint density at radius 1 is 1.33 bits per heavy atom. The quantitative estimate of drug-likeness (QED) is 0.921. The van der Waals surface area contributed by atoms with E-state index in [0.717, 1.165) is 27.8 Å². The number of amides is 1. The van der Waals surface area contributed by atoms with Crippen molar-refractivity contribution in [2.45, 2.75) is 13.0 Å². The molecule has 0 bridgehead atoms. The van der Waals surface area contributed by atoms with E-state index in [0.29, 0.717) is 18.7 Å². The van der Waals surface area contributed by atoms with E-state index in [1.54, 1.807) is 6.07 Å². The number of rotatable bonds is 3. The average Bonchev–Trinajstić information content (AvgIpc) is 2.92. The van der Waals surface area contributed by atoms with Gasteiger partial charge in [0.2, 0.25) is 0 Å². The summed E-state index contributed by atoms with van der Waals surface area (Å²) in [4.78, 5) is 12.0. The van der Waals surface area contributed by atoms with E-state index >= 15 is 0 Å². The molecule has 2 aromatic rings. The number of carbonyl (C=O) groups is 1. The Balaban J connectivity index is 1.75. The number of benzene rings is 2. The summed E-state index contributed by atoms with van der Waals surface area (Å²) >= 11 is 3.46. The molecule has 2 aromatic carbocycles. The molecule has 0 saturated carbocycles. The smallest absolute Gasteiger partial charge is 0.251 e. The zero-order valence-electron chi connectivity index (χ0n) is 11.2. The largest absolute Gasteiger partial charge is 0.493 e. The second-order valence-electron chi connectivity index (χ2n) is 4.84. The Labute approximate surface area is 130 Å². The van der Waals surface area contributed by atoms with Crippen molar-refractivity contribution in [1.29, 1.82) is 0 Å². The molecular weight excluding hydrogens is 337 g/mol. The van der Waals surface area contributed by atoms with E-state index < -0.39 is 5.82 Å². The Bertz CT molecular complexity index is 703. The van der Waals surface area contributed by atoms with Crippen molar-refractivity contribution in [3.05, 3.63) is 63.4 Å². The zero-order chi connectivity index (χ0) is 14.8. The third-order valence-corrected chi connectivity index (χ3v) is 3.81. The Morgan fingerprint density at radius 2 is 2.19 bits per heavy atom. The van der Waals surface area contributed by atoms with Gasteiger partial charge in [0.05, 0.1) is 6.61 Å². The second-order valence-corrected chi connectivity index (χ2v) is 5.76. The van der Waals surface area contributed by atoms with Crippen molar-refractivity contribution in [3.8, 4) is 5.75 Å². The SMILES string of the molecule is O=C(NCc1cc(Br)cc2c1OCC2)c1cccc(F)c1. The van der Waals surface area contributed by atoms with Crippen molar-refractivity contribution in [2.75, 3.05) is 6.61 Å². The molecule has 0 radical (unpaired) electrons. The van der Waals surface area contributed by atoms with Gasteiger partial charge in [0.1, 0.15) is 11.6 Å². The summed E-state index contributed by atoms with van der Waals surface area (Å²) < 4.78 is 19.7. The highest BCUT2D eigenvalue weighted by Gasteiger charge is 2.18. The van der Waals surface area contributed by atoms with Gasteiger partial charge in [0.25, 0.3) is 5.91 Å². The molecule has 1 aliphatic rings. The third-order valence-electron chi connectivity index (χ3n) is 3.35. The molecule has 1 heterocycles. The molecule has 108 valence electrons. The van der Waals surface area contributed by atoms with E-state index in [9.17, 15) is 9.18 Å². The van der Waals surface area contributed by atoms with Crippen molar-refractivity contribution < 1.29 is 13.9 Å². The predicted molar refractivity (Wildman–Crippen MR) is 80.9 cm³/mol. The normalized spacial score (nSPS) is 12.7. The fourth-order valence-corrected chi connectivity index (χ4v) is 2.94. The Morgan fingerprint density at radius 3 is 3.00 bits per heavy atom. The number of carbonyl (C=O) groups excluding carboxylic acids is 1. The molecule has 0 spiro atoms. The molecule has 5 heteroatoms. The first-order valence-electron chi connectivity index (χ1n) is 6.61. The molecule has 0 unspecified atom stereocenters. The molecule has 21 heavy (non-hydrogen) atoms. The van der Waals surface area contributed by atoms with Crippen LogP contribution in [0, 0.1) is 5.82 Å². The minimum absolute atomic E-state index is 0.304. The Kier molecular flexibility index (Phi) is 3.92. The summed E-state index contributed by atoms with van der Waals surface area (Å²) in [7, 11) is 0. The summed E-state index contributed by atoms with van der Waals surface area (Å²) in [5, 5.41) is 2.79. The Hall–Kier alpha value is -1.88. The van der Waals surface area contributed by atoms with E-state index in [1.807, 2.05) is 12.1 Å². The highest BCUT2D eigenvalue weighted by atomic mass is 79.9. The lowest BCUT2D eigenvalue weighted by atomic mass is 10.1. The van der Waals surface area contributed by atoms with Gasteiger partial charge in [-0.2, -0.15) is 0 Å². The maximum Gasteiger partial charge on any atom is 0.251 e. The second kappa shape index (κ2) is 5.85. The van der Waals surface area contributed by atoms with Gasteiger partial charge in [0, 0.05) is 28.6 Å². The summed E-state index contributed by atoms with van der Waals surface area (Å²) in [6, 6.07) is 9.59. The average molecular weight is 350 g/mol. The monoisotopic (exact) mass is 349 g/mol. The topological polar surface area (TPSA) is 38.3 Å². The number of fused-ring (bicyclic) bond motifs is 1. The highest BCUT2D eigenvalue weighted by Crippen LogP contribution is 2.32. The van der Waals surface area contributed by atoms with Crippen LogP contribution in [0.1, 0.15) is 21.5 Å². The fourth-order valence-electron chi connectivity index (χ4n) is 2.38. The van der Waals surface area contributed by atoms with Crippen LogP contribution >= 0.6 is 15.9 Å². The zero-order valence-corrected chi connectivity index (χ0v) is 12.7. The van der Waals surface area contributed by atoms with Crippen LogP contribution in [0.4, 0.5) is 4.39 Å². The molecule has 3 nitrogen and oxygen atoms in total. The van der Waals surface area contributed by atoms with E-state index in [1.165, 1.54) is 18.2 Å². The van der Waals surface area contributed by atoms with Crippen molar-refractivity contribution in [3.63, 3.8) is 0 Å². The molecule has 3 rings (SSSR count). The van der Waals surface area contributed by atoms with Crippen LogP contribution < -0.4 is 10.1 Å². The summed E-state index contributed by atoms with van der Waals surface area (Å²) in [6.45, 7) is 1.01. The third kappa shape index (κ3) is 3.08. The van der Waals surface area contributed by atoms with E-state index in [2.05, 4.69) is 21.2 Å². The first-order valence-corrected chi connectivity index (χ1v) is 7.40. The van der Waals surface area contributed by atoms with Gasteiger partial charge in [-0.05, 0) is 35.9 Å². The molecule has 1 amide bonds. The van der Waals surface area contributed by atoms with Gasteiger partial charge in [-0.3, -0.25) is 4.79 Å². The molecule has 0 atom stereocenters. The predicted octanol–water partition coefficient (Wildman–Crippen LogP) is 3.45. The first kappa shape index (κ1) is 14.1. The minimum atomic E-state index is -0.422. The van der Waals surface area contributed by atoms with Crippen LogP contribution in [0.2, 0.25) is 0 Å². The minimum Gasteiger partial charge on any atom is -0.493 e. The van der Waals surface area contributed by atoms with Gasteiger partial charge >= 0.3 is 0 Å². The maximum atomic E-state index is 13.1. The van der Waals surface area contributed by atoms with Crippen molar-refractivity contribution >= 4 is 21.8 Å². The van der Waals surface area contributed by atoms with Crippen molar-refractivity contribution in [2.24, 2.45) is 0 Å². The van der Waals surface area contributed by atoms with E-state index in [-0.39, 0.29) is 5.91 Å². The van der Waals surface area contributed by atoms with E-state index in [4.69, 9.17) is 4.74 Å². The van der Waals surface area contributed by atoms with Gasteiger partial charge in [-0.25, -0.2) is 4.39 Å². The van der Waals surface area contributed by atoms with Crippen LogP contribution in [0.3, 0.4) is 0 Å². The summed E-state index contributed by atoms with van der Waals surface area (Å²) in [5.41, 5.74) is 2.36. The number of halogens is 2. The van der Waals surface area contributed by atoms with Crippen LogP contribution in [0.25, 0.3) is 0 Å². The number of ether oxygens (including phenoxy) is 1. The summed E-state index contributed by atoms with van der Waals surface area (Å²) in [6.07, 6.45) is 0.875. The highest BCUT2D eigenvalue weighted by molar-refractivity contribution is 9.10. The van der Waals surface area contributed by atoms with Gasteiger partial charge in [0.15, 0.2) is 0 Å². The molecule has 1 N–H and O–H groups in total. The lowest BCUT2D eigenvalue weighted by molar-refractivity contribution is 0.0950. The molecular formula is C16H13BrFNO2.